The van der Waals surface area contributed by atoms with Crippen molar-refractivity contribution < 1.29 is 0 Å². The van der Waals surface area contributed by atoms with Crippen LogP contribution in [0.3, 0.4) is 0 Å². The molecule has 0 aliphatic carbocycles. The van der Waals surface area contributed by atoms with Crippen LogP contribution >= 0.6 is 11.3 Å². The van der Waals surface area contributed by atoms with Crippen molar-refractivity contribution in [2.75, 3.05) is 0 Å². The maximum absolute atomic E-state index is 2.52. The normalized spacial score (nSPS) is 11.7. The molecule has 0 aliphatic heterocycles. The zero-order valence-corrected chi connectivity index (χ0v) is 41.7. The van der Waals surface area contributed by atoms with Gasteiger partial charge in [0.1, 0.15) is 0 Å². The van der Waals surface area contributed by atoms with Crippen LogP contribution in [0, 0.1) is 0 Å². The van der Waals surface area contributed by atoms with Crippen LogP contribution in [0.15, 0.2) is 279 Å². The quantitative estimate of drug-likeness (QED) is 0.144. The molecule has 350 valence electrons. The van der Waals surface area contributed by atoms with E-state index in [1.54, 1.807) is 0 Å². The topological polar surface area (TPSA) is 9.86 Å². The number of benzene rings is 12. The van der Waals surface area contributed by atoms with Gasteiger partial charge in [-0.1, -0.05) is 224 Å². The largest absolute Gasteiger partial charge is 0.309 e. The van der Waals surface area contributed by atoms with Gasteiger partial charge in [0.2, 0.25) is 0 Å². The predicted molar refractivity (Wildman–Crippen MR) is 321 cm³/mol. The predicted octanol–water partition coefficient (Wildman–Crippen LogP) is 20.3. The molecule has 0 aliphatic rings. The van der Waals surface area contributed by atoms with E-state index in [0.29, 0.717) is 0 Å². The molecule has 3 heterocycles. The molecule has 0 radical (unpaired) electrons. The van der Waals surface area contributed by atoms with Gasteiger partial charge in [0.15, 0.2) is 0 Å². The summed E-state index contributed by atoms with van der Waals surface area (Å²) in [5.41, 5.74) is 21.4. The molecule has 0 saturated heterocycles. The lowest BCUT2D eigenvalue weighted by Crippen LogP contribution is -1.96. The van der Waals surface area contributed by atoms with Crippen LogP contribution < -0.4 is 0 Å². The standard InChI is InChI=1S/C72H46N2S/c1-5-20-47(21-6-1)54-30-17-31-55(48-22-7-2-8-23-48)70(54)51-39-42-65-62(44-51)63-46-53(40-43-66(63)74(65)67-36-19-34-61-60-29-14-16-37-69(60)75-72(61)67)73-64-35-15-13-28-58(64)59-41-38-52(45-68(59)73)71-56(49-24-9-3-10-25-49)32-18-33-57(71)50-26-11-4-12-27-50/h1-46H. The smallest absolute Gasteiger partial charge is 0.0640 e. The fourth-order valence-corrected chi connectivity index (χ4v) is 13.2. The van der Waals surface area contributed by atoms with Crippen LogP contribution in [0.1, 0.15) is 0 Å². The Bertz CT molecular complexity index is 4560. The van der Waals surface area contributed by atoms with E-state index in [0.717, 1.165) is 5.69 Å². The van der Waals surface area contributed by atoms with E-state index in [-0.39, 0.29) is 0 Å². The van der Waals surface area contributed by atoms with Crippen LogP contribution in [-0.2, 0) is 0 Å². The second-order valence-electron chi connectivity index (χ2n) is 19.5. The summed E-state index contributed by atoms with van der Waals surface area (Å²) in [4.78, 5) is 0. The number of hydrogen-bond donors (Lipinski definition) is 0. The SMILES string of the molecule is c1ccc(-c2cccc(-c3ccccc3)c2-c2ccc3c(c2)c2cc(-n4c5ccccc5c5ccc(-c6c(-c7ccccc7)cccc6-c6ccccc6)cc54)ccc2n3-c2cccc3c2sc2ccccc23)cc1. The maximum atomic E-state index is 2.52. The van der Waals surface area contributed by atoms with Gasteiger partial charge < -0.3 is 9.13 Å². The summed E-state index contributed by atoms with van der Waals surface area (Å²) in [6.07, 6.45) is 0. The molecule has 0 N–H and O–H groups in total. The molecular weight excluding hydrogens is 925 g/mol. The van der Waals surface area contributed by atoms with E-state index in [4.69, 9.17) is 0 Å². The molecule has 15 rings (SSSR count). The molecule has 0 unspecified atom stereocenters. The second-order valence-corrected chi connectivity index (χ2v) is 20.6. The van der Waals surface area contributed by atoms with Crippen molar-refractivity contribution in [1.82, 2.24) is 9.13 Å². The number of para-hydroxylation sites is 1. The third-order valence-electron chi connectivity index (χ3n) is 15.4. The third-order valence-corrected chi connectivity index (χ3v) is 16.6. The lowest BCUT2D eigenvalue weighted by atomic mass is 9.87. The van der Waals surface area contributed by atoms with Gasteiger partial charge in [0.05, 0.1) is 32.5 Å². The average molecular weight is 971 g/mol. The molecule has 2 nitrogen and oxygen atoms in total. The molecule has 75 heavy (non-hydrogen) atoms. The van der Waals surface area contributed by atoms with Crippen LogP contribution in [0.4, 0.5) is 0 Å². The summed E-state index contributed by atoms with van der Waals surface area (Å²) >= 11 is 1.88. The van der Waals surface area contributed by atoms with Crippen LogP contribution in [0.5, 0.6) is 0 Å². The molecule has 3 heteroatoms. The summed E-state index contributed by atoms with van der Waals surface area (Å²) < 4.78 is 7.60. The third kappa shape index (κ3) is 7.01. The summed E-state index contributed by atoms with van der Waals surface area (Å²) in [5, 5.41) is 7.43. The molecule has 12 aromatic carbocycles. The molecule has 0 fully saturated rings. The zero-order chi connectivity index (χ0) is 49.4. The van der Waals surface area contributed by atoms with Crippen LogP contribution in [0.25, 0.3) is 142 Å². The zero-order valence-electron chi connectivity index (χ0n) is 40.9. The van der Waals surface area contributed by atoms with Crippen molar-refractivity contribution >= 4 is 75.1 Å². The van der Waals surface area contributed by atoms with E-state index >= 15 is 0 Å². The number of rotatable bonds is 8. The first-order valence-corrected chi connectivity index (χ1v) is 26.6. The Hall–Kier alpha value is -9.54. The lowest BCUT2D eigenvalue weighted by molar-refractivity contribution is 1.17. The van der Waals surface area contributed by atoms with Crippen molar-refractivity contribution in [2.24, 2.45) is 0 Å². The van der Waals surface area contributed by atoms with Gasteiger partial charge in [-0.15, -0.1) is 11.3 Å². The van der Waals surface area contributed by atoms with Crippen molar-refractivity contribution in [3.8, 4) is 78.1 Å². The highest BCUT2D eigenvalue weighted by Gasteiger charge is 2.23. The molecular formula is C72H46N2S. The van der Waals surface area contributed by atoms with Gasteiger partial charge in [0, 0.05) is 42.7 Å². The fourth-order valence-electron chi connectivity index (χ4n) is 12.0. The van der Waals surface area contributed by atoms with Crippen molar-refractivity contribution in [1.29, 1.82) is 0 Å². The van der Waals surface area contributed by atoms with E-state index in [2.05, 4.69) is 288 Å². The highest BCUT2D eigenvalue weighted by Crippen LogP contribution is 2.47. The summed E-state index contributed by atoms with van der Waals surface area (Å²) in [6, 6.07) is 103. The molecule has 15 aromatic rings. The summed E-state index contributed by atoms with van der Waals surface area (Å²) in [6.45, 7) is 0. The molecule has 0 amide bonds. The van der Waals surface area contributed by atoms with Crippen molar-refractivity contribution in [2.45, 2.75) is 0 Å². The molecule has 0 atom stereocenters. The molecule has 0 saturated carbocycles. The Morgan fingerprint density at radius 1 is 0.240 bits per heavy atom. The van der Waals surface area contributed by atoms with Gasteiger partial charge in [0.25, 0.3) is 0 Å². The summed E-state index contributed by atoms with van der Waals surface area (Å²) in [7, 11) is 0. The first kappa shape index (κ1) is 43.1. The minimum Gasteiger partial charge on any atom is -0.309 e. The van der Waals surface area contributed by atoms with E-state index in [9.17, 15) is 0 Å². The van der Waals surface area contributed by atoms with E-state index in [1.165, 1.54) is 136 Å². The van der Waals surface area contributed by atoms with Gasteiger partial charge in [-0.2, -0.15) is 0 Å². The van der Waals surface area contributed by atoms with Gasteiger partial charge >= 0.3 is 0 Å². The Morgan fingerprint density at radius 3 is 1.28 bits per heavy atom. The Labute approximate surface area is 438 Å². The van der Waals surface area contributed by atoms with Gasteiger partial charge in [-0.3, -0.25) is 0 Å². The Morgan fingerprint density at radius 2 is 0.680 bits per heavy atom. The van der Waals surface area contributed by atoms with Crippen LogP contribution in [-0.4, -0.2) is 9.13 Å². The molecule has 0 spiro atoms. The summed E-state index contributed by atoms with van der Waals surface area (Å²) in [5.74, 6) is 0. The first-order valence-electron chi connectivity index (χ1n) is 25.7. The number of nitrogens with zero attached hydrogens (tertiary/aromatic N) is 2. The second kappa shape index (κ2) is 17.6. The first-order chi connectivity index (χ1) is 37.2. The highest BCUT2D eigenvalue weighted by molar-refractivity contribution is 7.26. The Kier molecular flexibility index (Phi) is 10.1. The van der Waals surface area contributed by atoms with Crippen LogP contribution in [0.2, 0.25) is 0 Å². The van der Waals surface area contributed by atoms with Crippen molar-refractivity contribution in [3.63, 3.8) is 0 Å². The molecule has 3 aromatic heterocycles. The van der Waals surface area contributed by atoms with E-state index in [1.807, 2.05) is 11.3 Å². The minimum absolute atomic E-state index is 1.12. The maximum Gasteiger partial charge on any atom is 0.0640 e. The van der Waals surface area contributed by atoms with Gasteiger partial charge in [-0.25, -0.2) is 0 Å². The lowest BCUT2D eigenvalue weighted by Gasteiger charge is -2.17. The fraction of sp³-hybridized carbons (Fsp3) is 0. The molecule has 0 bridgehead atoms. The van der Waals surface area contributed by atoms with Gasteiger partial charge in [-0.05, 0) is 121 Å². The highest BCUT2D eigenvalue weighted by atomic mass is 32.1. The van der Waals surface area contributed by atoms with E-state index < -0.39 is 0 Å². The number of hydrogen-bond acceptors (Lipinski definition) is 1. The number of thiophene rings is 1. The van der Waals surface area contributed by atoms with Crippen molar-refractivity contribution in [3.05, 3.63) is 279 Å². The number of aromatic nitrogens is 2. The Balaban J connectivity index is 1.01. The minimum atomic E-state index is 1.12. The monoisotopic (exact) mass is 970 g/mol. The number of fused-ring (bicyclic) bond motifs is 9. The average Bonchev–Trinajstić information content (AvgIpc) is 4.20.